The first kappa shape index (κ1) is 14.6. The van der Waals surface area contributed by atoms with E-state index in [2.05, 4.69) is 19.5 Å². The molecule has 24 heavy (non-hydrogen) atoms. The number of hydrogen-bond donors (Lipinski definition) is 0. The molecule has 0 saturated carbocycles. The molecule has 4 rings (SSSR count). The lowest BCUT2D eigenvalue weighted by Gasteiger charge is -2.33. The van der Waals surface area contributed by atoms with Gasteiger partial charge in [-0.2, -0.15) is 0 Å². The van der Waals surface area contributed by atoms with Gasteiger partial charge >= 0.3 is 0 Å². The average molecular weight is 322 g/mol. The molecular weight excluding hydrogens is 304 g/mol. The Balaban J connectivity index is 1.49. The van der Waals surface area contributed by atoms with E-state index in [0.717, 1.165) is 25.2 Å². The first-order chi connectivity index (χ1) is 11.8. The van der Waals surface area contributed by atoms with Gasteiger partial charge in [0.25, 0.3) is 5.91 Å². The van der Waals surface area contributed by atoms with Crippen molar-refractivity contribution in [1.29, 1.82) is 0 Å². The third-order valence-electron chi connectivity index (χ3n) is 4.39. The molecule has 1 aliphatic heterocycles. The summed E-state index contributed by atoms with van der Waals surface area (Å²) in [5, 5.41) is 0. The molecule has 3 aromatic heterocycles. The summed E-state index contributed by atoms with van der Waals surface area (Å²) in [6.07, 6.45) is 14.5. The fraction of sp³-hybridized carbons (Fsp3) is 0.294. The van der Waals surface area contributed by atoms with Crippen molar-refractivity contribution < 1.29 is 4.79 Å². The number of carbonyl (C=O) groups excluding carboxylic acids is 1. The smallest absolute Gasteiger partial charge is 0.255 e. The van der Waals surface area contributed by atoms with E-state index in [-0.39, 0.29) is 5.91 Å². The first-order valence-electron chi connectivity index (χ1n) is 8.02. The lowest BCUT2D eigenvalue weighted by Crippen LogP contribution is -2.40. The fourth-order valence-corrected chi connectivity index (χ4v) is 3.11. The summed E-state index contributed by atoms with van der Waals surface area (Å²) in [7, 11) is 0. The summed E-state index contributed by atoms with van der Waals surface area (Å²) in [5.41, 5.74) is 0.616. The van der Waals surface area contributed by atoms with Gasteiger partial charge in [0.05, 0.1) is 17.9 Å². The molecule has 0 spiro atoms. The van der Waals surface area contributed by atoms with E-state index in [1.54, 1.807) is 24.9 Å². The van der Waals surface area contributed by atoms with Crippen LogP contribution in [0.15, 0.2) is 55.8 Å². The van der Waals surface area contributed by atoms with Crippen molar-refractivity contribution in [3.8, 4) is 5.82 Å². The van der Waals surface area contributed by atoms with E-state index < -0.39 is 0 Å². The zero-order valence-corrected chi connectivity index (χ0v) is 13.2. The number of nitrogens with zero attached hydrogens (tertiary/aromatic N) is 6. The minimum absolute atomic E-state index is 0.0319. The van der Waals surface area contributed by atoms with Gasteiger partial charge in [-0.25, -0.2) is 15.0 Å². The summed E-state index contributed by atoms with van der Waals surface area (Å²) < 4.78 is 3.89. The minimum Gasteiger partial charge on any atom is -0.337 e. The highest BCUT2D eigenvalue weighted by Gasteiger charge is 2.25. The maximum atomic E-state index is 12.8. The minimum atomic E-state index is 0.0319. The summed E-state index contributed by atoms with van der Waals surface area (Å²) in [5.74, 6) is 0.781. The Morgan fingerprint density at radius 2 is 2.00 bits per heavy atom. The lowest BCUT2D eigenvalue weighted by molar-refractivity contribution is 0.0679. The van der Waals surface area contributed by atoms with Gasteiger partial charge in [-0.1, -0.05) is 0 Å². The zero-order valence-electron chi connectivity index (χ0n) is 13.2. The van der Waals surface area contributed by atoms with Crippen LogP contribution in [0.3, 0.4) is 0 Å². The van der Waals surface area contributed by atoms with Crippen molar-refractivity contribution in [2.24, 2.45) is 0 Å². The van der Waals surface area contributed by atoms with Gasteiger partial charge < -0.3 is 9.47 Å². The molecule has 7 heteroatoms. The number of piperidine rings is 1. The highest BCUT2D eigenvalue weighted by Crippen LogP contribution is 2.22. The second-order valence-electron chi connectivity index (χ2n) is 5.93. The normalized spacial score (nSPS) is 17.8. The van der Waals surface area contributed by atoms with Crippen molar-refractivity contribution >= 4 is 5.91 Å². The second kappa shape index (κ2) is 6.27. The first-order valence-corrected chi connectivity index (χ1v) is 8.02. The molecular formula is C17H18N6O. The summed E-state index contributed by atoms with van der Waals surface area (Å²) >= 11 is 0. The molecule has 1 aliphatic rings. The molecule has 3 aromatic rings. The van der Waals surface area contributed by atoms with Crippen molar-refractivity contribution in [3.63, 3.8) is 0 Å². The molecule has 122 valence electrons. The predicted octanol–water partition coefficient (Wildman–Crippen LogP) is 1.94. The van der Waals surface area contributed by atoms with E-state index in [0.29, 0.717) is 18.2 Å². The van der Waals surface area contributed by atoms with Crippen LogP contribution in [0.4, 0.5) is 0 Å². The summed E-state index contributed by atoms with van der Waals surface area (Å²) in [6, 6.07) is 3.96. The Morgan fingerprint density at radius 3 is 2.71 bits per heavy atom. The number of rotatable bonds is 3. The van der Waals surface area contributed by atoms with Gasteiger partial charge in [-0.3, -0.25) is 9.36 Å². The summed E-state index contributed by atoms with van der Waals surface area (Å²) in [4.78, 5) is 27.1. The lowest BCUT2D eigenvalue weighted by atomic mass is 10.0. The average Bonchev–Trinajstić information content (AvgIpc) is 3.35. The third-order valence-corrected chi connectivity index (χ3v) is 4.39. The molecule has 1 atom stereocenters. The molecule has 0 aliphatic carbocycles. The largest absolute Gasteiger partial charge is 0.337 e. The standard InChI is InChI=1S/C17H18N6O/c24-17(14-3-4-16(20-10-14)23-9-6-19-13-23)21-7-1-2-15(11-21)22-8-5-18-12-22/h3-6,8-10,12-13,15H,1-2,7,11H2/t15-/m1/s1. The van der Waals surface area contributed by atoms with Crippen molar-refractivity contribution in [1.82, 2.24) is 29.0 Å². The van der Waals surface area contributed by atoms with Gasteiger partial charge in [0.15, 0.2) is 0 Å². The number of carbonyl (C=O) groups is 1. The molecule has 0 N–H and O–H groups in total. The van der Waals surface area contributed by atoms with Crippen LogP contribution < -0.4 is 0 Å². The molecule has 1 amide bonds. The van der Waals surface area contributed by atoms with E-state index in [1.807, 2.05) is 40.3 Å². The molecule has 0 aromatic carbocycles. The maximum absolute atomic E-state index is 12.8. The van der Waals surface area contributed by atoms with Crippen molar-refractivity contribution in [2.75, 3.05) is 13.1 Å². The summed E-state index contributed by atoms with van der Waals surface area (Å²) in [6.45, 7) is 1.49. The van der Waals surface area contributed by atoms with E-state index in [9.17, 15) is 4.79 Å². The van der Waals surface area contributed by atoms with Crippen LogP contribution in [-0.4, -0.2) is 48.0 Å². The van der Waals surface area contributed by atoms with Gasteiger partial charge in [0.2, 0.25) is 0 Å². The number of likely N-dealkylation sites (tertiary alicyclic amines) is 1. The van der Waals surface area contributed by atoms with Gasteiger partial charge in [0, 0.05) is 44.1 Å². The number of amides is 1. The van der Waals surface area contributed by atoms with E-state index in [1.165, 1.54) is 0 Å². The van der Waals surface area contributed by atoms with E-state index in [4.69, 9.17) is 0 Å². The van der Waals surface area contributed by atoms with Crippen LogP contribution in [0.25, 0.3) is 5.82 Å². The Labute approximate surface area is 139 Å². The topological polar surface area (TPSA) is 68.8 Å². The highest BCUT2D eigenvalue weighted by molar-refractivity contribution is 5.94. The zero-order chi connectivity index (χ0) is 16.4. The van der Waals surface area contributed by atoms with Crippen LogP contribution in [-0.2, 0) is 0 Å². The predicted molar refractivity (Wildman–Crippen MR) is 87.8 cm³/mol. The molecule has 0 unspecified atom stereocenters. The molecule has 0 radical (unpaired) electrons. The Bertz CT molecular complexity index is 794. The van der Waals surface area contributed by atoms with E-state index >= 15 is 0 Å². The van der Waals surface area contributed by atoms with Gasteiger partial charge in [-0.15, -0.1) is 0 Å². The van der Waals surface area contributed by atoms with Crippen LogP contribution >= 0.6 is 0 Å². The highest BCUT2D eigenvalue weighted by atomic mass is 16.2. The molecule has 0 bridgehead atoms. The maximum Gasteiger partial charge on any atom is 0.255 e. The van der Waals surface area contributed by atoms with Gasteiger partial charge in [-0.05, 0) is 25.0 Å². The number of aromatic nitrogens is 5. The SMILES string of the molecule is O=C(c1ccc(-n2ccnc2)nc1)N1CCC[C@@H](n2ccnc2)C1. The molecule has 4 heterocycles. The van der Waals surface area contributed by atoms with Crippen LogP contribution in [0.5, 0.6) is 0 Å². The monoisotopic (exact) mass is 322 g/mol. The second-order valence-corrected chi connectivity index (χ2v) is 5.93. The quantitative estimate of drug-likeness (QED) is 0.739. The van der Waals surface area contributed by atoms with Crippen LogP contribution in [0, 0.1) is 0 Å². The fourth-order valence-electron chi connectivity index (χ4n) is 3.11. The number of pyridine rings is 1. The number of hydrogen-bond acceptors (Lipinski definition) is 4. The Kier molecular flexibility index (Phi) is 3.82. The Morgan fingerprint density at radius 1 is 1.12 bits per heavy atom. The Hall–Kier alpha value is -2.96. The van der Waals surface area contributed by atoms with Gasteiger partial charge in [0.1, 0.15) is 12.1 Å². The third kappa shape index (κ3) is 2.80. The molecule has 1 fully saturated rings. The van der Waals surface area contributed by atoms with Crippen molar-refractivity contribution in [2.45, 2.75) is 18.9 Å². The number of imidazole rings is 2. The van der Waals surface area contributed by atoms with Crippen LogP contribution in [0.2, 0.25) is 0 Å². The molecule has 7 nitrogen and oxygen atoms in total. The molecule has 1 saturated heterocycles. The van der Waals surface area contributed by atoms with Crippen LogP contribution in [0.1, 0.15) is 29.2 Å². The van der Waals surface area contributed by atoms with Crippen molar-refractivity contribution in [3.05, 3.63) is 61.3 Å².